The Balaban J connectivity index is 1.81. The molecule has 0 atom stereocenters. The molecule has 1 aromatic heterocycles. The van der Waals surface area contributed by atoms with Crippen LogP contribution in [0.15, 0.2) is 42.7 Å². The molecule has 0 unspecified atom stereocenters. The molecule has 0 saturated heterocycles. The Bertz CT molecular complexity index is 686. The van der Waals surface area contributed by atoms with Gasteiger partial charge in [-0.2, -0.15) is 0 Å². The van der Waals surface area contributed by atoms with Crippen molar-refractivity contribution < 1.29 is 14.3 Å². The molecular weight excluding hydrogens is 270 g/mol. The molecule has 2 N–H and O–H groups in total. The lowest BCUT2D eigenvalue weighted by Crippen LogP contribution is -2.13. The molecule has 106 valence electrons. The molecule has 2 amide bonds. The normalized spacial score (nSPS) is 13.4. The summed E-state index contributed by atoms with van der Waals surface area (Å²) in [5, 5.41) is 5.52. The number of ether oxygens (including phenoxy) is 1. The fourth-order valence-corrected chi connectivity index (χ4v) is 2.00. The zero-order valence-corrected chi connectivity index (χ0v) is 11.1. The van der Waals surface area contributed by atoms with Crippen molar-refractivity contribution in [2.24, 2.45) is 0 Å². The summed E-state index contributed by atoms with van der Waals surface area (Å²) in [6, 6.07) is 8.39. The maximum absolute atomic E-state index is 12.1. The molecule has 1 aliphatic heterocycles. The summed E-state index contributed by atoms with van der Waals surface area (Å²) in [5.41, 5.74) is 1.66. The van der Waals surface area contributed by atoms with E-state index >= 15 is 0 Å². The Morgan fingerprint density at radius 3 is 2.86 bits per heavy atom. The molecule has 3 rings (SSSR count). The van der Waals surface area contributed by atoms with Gasteiger partial charge in [-0.05, 0) is 30.3 Å². The molecule has 0 spiro atoms. The highest BCUT2D eigenvalue weighted by atomic mass is 16.5. The second-order valence-corrected chi connectivity index (χ2v) is 4.55. The number of benzene rings is 1. The molecule has 6 heteroatoms. The third kappa shape index (κ3) is 3.00. The van der Waals surface area contributed by atoms with E-state index in [1.165, 1.54) is 0 Å². The highest BCUT2D eigenvalue weighted by Crippen LogP contribution is 2.30. The maximum Gasteiger partial charge on any atom is 0.255 e. The van der Waals surface area contributed by atoms with Gasteiger partial charge in [0, 0.05) is 23.6 Å². The number of fused-ring (bicyclic) bond motifs is 1. The van der Waals surface area contributed by atoms with Crippen LogP contribution in [0.3, 0.4) is 0 Å². The molecule has 2 heterocycles. The molecule has 0 aliphatic carbocycles. The van der Waals surface area contributed by atoms with E-state index in [2.05, 4.69) is 15.6 Å². The first-order valence-corrected chi connectivity index (χ1v) is 6.50. The second kappa shape index (κ2) is 5.62. The topological polar surface area (TPSA) is 80.3 Å². The van der Waals surface area contributed by atoms with Crippen LogP contribution in [0.5, 0.6) is 5.75 Å². The van der Waals surface area contributed by atoms with Crippen molar-refractivity contribution >= 4 is 23.2 Å². The van der Waals surface area contributed by atoms with E-state index in [0.29, 0.717) is 35.7 Å². The van der Waals surface area contributed by atoms with Crippen LogP contribution in [0, 0.1) is 0 Å². The number of hydrogen-bond donors (Lipinski definition) is 2. The standard InChI is InChI=1S/C15H13N3O3/c19-14-5-8-21-13-2-1-11(9-12(13)18-14)17-15(20)10-3-6-16-7-4-10/h1-4,6-7,9H,5,8H2,(H,17,20)(H,18,19). The van der Waals surface area contributed by atoms with Gasteiger partial charge in [0.05, 0.1) is 18.7 Å². The van der Waals surface area contributed by atoms with Gasteiger partial charge in [0.25, 0.3) is 5.91 Å². The zero-order valence-electron chi connectivity index (χ0n) is 11.1. The summed E-state index contributed by atoms with van der Waals surface area (Å²) in [4.78, 5) is 27.4. The van der Waals surface area contributed by atoms with E-state index in [1.54, 1.807) is 42.7 Å². The van der Waals surface area contributed by atoms with Gasteiger partial charge in [-0.3, -0.25) is 14.6 Å². The number of pyridine rings is 1. The fraction of sp³-hybridized carbons (Fsp3) is 0.133. The van der Waals surface area contributed by atoms with Crippen molar-refractivity contribution in [3.8, 4) is 5.75 Å². The fourth-order valence-electron chi connectivity index (χ4n) is 2.00. The highest BCUT2D eigenvalue weighted by molar-refractivity contribution is 6.04. The van der Waals surface area contributed by atoms with E-state index in [0.717, 1.165) is 0 Å². The van der Waals surface area contributed by atoms with Crippen LogP contribution in [-0.4, -0.2) is 23.4 Å². The van der Waals surface area contributed by atoms with Gasteiger partial charge in [-0.25, -0.2) is 0 Å². The van der Waals surface area contributed by atoms with E-state index < -0.39 is 0 Å². The average molecular weight is 283 g/mol. The number of carbonyl (C=O) groups is 2. The number of rotatable bonds is 2. The average Bonchev–Trinajstić information content (AvgIpc) is 2.68. The molecule has 1 aliphatic rings. The van der Waals surface area contributed by atoms with E-state index in [4.69, 9.17) is 4.74 Å². The van der Waals surface area contributed by atoms with E-state index in [1.807, 2.05) is 0 Å². The quantitative estimate of drug-likeness (QED) is 0.884. The Morgan fingerprint density at radius 2 is 2.05 bits per heavy atom. The Kier molecular flexibility index (Phi) is 3.51. The number of aromatic nitrogens is 1. The first kappa shape index (κ1) is 13.1. The van der Waals surface area contributed by atoms with Gasteiger partial charge < -0.3 is 15.4 Å². The summed E-state index contributed by atoms with van der Waals surface area (Å²) in [6.07, 6.45) is 3.42. The van der Waals surface area contributed by atoms with Gasteiger partial charge >= 0.3 is 0 Å². The van der Waals surface area contributed by atoms with Crippen LogP contribution in [0.4, 0.5) is 11.4 Å². The van der Waals surface area contributed by atoms with Crippen molar-refractivity contribution in [1.82, 2.24) is 4.98 Å². The summed E-state index contributed by atoms with van der Waals surface area (Å²) in [6.45, 7) is 0.349. The van der Waals surface area contributed by atoms with Crippen molar-refractivity contribution in [2.45, 2.75) is 6.42 Å². The van der Waals surface area contributed by atoms with Gasteiger partial charge in [0.15, 0.2) is 0 Å². The third-order valence-electron chi connectivity index (χ3n) is 3.04. The number of nitrogens with zero attached hydrogens (tertiary/aromatic N) is 1. The van der Waals surface area contributed by atoms with Crippen molar-refractivity contribution in [2.75, 3.05) is 17.2 Å². The molecule has 1 aromatic carbocycles. The van der Waals surface area contributed by atoms with Gasteiger partial charge in [0.1, 0.15) is 5.75 Å². The molecule has 0 fully saturated rings. The summed E-state index contributed by atoms with van der Waals surface area (Å²) in [5.74, 6) is 0.257. The van der Waals surface area contributed by atoms with Crippen LogP contribution in [0.2, 0.25) is 0 Å². The number of hydrogen-bond acceptors (Lipinski definition) is 4. The van der Waals surface area contributed by atoms with E-state index in [-0.39, 0.29) is 11.8 Å². The first-order chi connectivity index (χ1) is 10.2. The Labute approximate surface area is 121 Å². The highest BCUT2D eigenvalue weighted by Gasteiger charge is 2.15. The van der Waals surface area contributed by atoms with Gasteiger partial charge in [-0.1, -0.05) is 0 Å². The van der Waals surface area contributed by atoms with Crippen molar-refractivity contribution in [1.29, 1.82) is 0 Å². The Morgan fingerprint density at radius 1 is 1.24 bits per heavy atom. The summed E-state index contributed by atoms with van der Waals surface area (Å²) in [7, 11) is 0. The molecular formula is C15H13N3O3. The SMILES string of the molecule is O=C1CCOc2ccc(NC(=O)c3ccncc3)cc2N1. The molecule has 0 saturated carbocycles. The first-order valence-electron chi connectivity index (χ1n) is 6.50. The Hall–Kier alpha value is -2.89. The van der Waals surface area contributed by atoms with Gasteiger partial charge in [-0.15, -0.1) is 0 Å². The predicted octanol–water partition coefficient (Wildman–Crippen LogP) is 2.05. The molecule has 2 aromatic rings. The summed E-state index contributed by atoms with van der Waals surface area (Å²) < 4.78 is 5.46. The number of amides is 2. The van der Waals surface area contributed by atoms with Gasteiger partial charge in [0.2, 0.25) is 5.91 Å². The van der Waals surface area contributed by atoms with E-state index in [9.17, 15) is 9.59 Å². The lowest BCUT2D eigenvalue weighted by atomic mass is 10.2. The lowest BCUT2D eigenvalue weighted by molar-refractivity contribution is -0.116. The van der Waals surface area contributed by atoms with Crippen LogP contribution in [-0.2, 0) is 4.79 Å². The minimum atomic E-state index is -0.238. The molecule has 6 nitrogen and oxygen atoms in total. The third-order valence-corrected chi connectivity index (χ3v) is 3.04. The van der Waals surface area contributed by atoms with Crippen LogP contribution < -0.4 is 15.4 Å². The minimum absolute atomic E-state index is 0.105. The zero-order chi connectivity index (χ0) is 14.7. The largest absolute Gasteiger partial charge is 0.491 e. The maximum atomic E-state index is 12.1. The van der Waals surface area contributed by atoms with Crippen LogP contribution in [0.1, 0.15) is 16.8 Å². The number of anilines is 2. The summed E-state index contributed by atoms with van der Waals surface area (Å²) >= 11 is 0. The van der Waals surface area contributed by atoms with Crippen molar-refractivity contribution in [3.63, 3.8) is 0 Å². The van der Waals surface area contributed by atoms with Crippen LogP contribution >= 0.6 is 0 Å². The van der Waals surface area contributed by atoms with Crippen LogP contribution in [0.25, 0.3) is 0 Å². The van der Waals surface area contributed by atoms with Crippen molar-refractivity contribution in [3.05, 3.63) is 48.3 Å². The second-order valence-electron chi connectivity index (χ2n) is 4.55. The molecule has 0 bridgehead atoms. The predicted molar refractivity (Wildman–Crippen MR) is 77.4 cm³/mol. The number of carbonyl (C=O) groups excluding carboxylic acids is 2. The number of nitrogens with one attached hydrogen (secondary N) is 2. The monoisotopic (exact) mass is 283 g/mol. The molecule has 21 heavy (non-hydrogen) atoms. The molecule has 0 radical (unpaired) electrons. The smallest absolute Gasteiger partial charge is 0.255 e. The lowest BCUT2D eigenvalue weighted by Gasteiger charge is -2.10. The minimum Gasteiger partial charge on any atom is -0.491 e.